The van der Waals surface area contributed by atoms with Gasteiger partial charge in [-0.05, 0) is 12.1 Å². The van der Waals surface area contributed by atoms with Crippen LogP contribution < -0.4 is 5.32 Å². The summed E-state index contributed by atoms with van der Waals surface area (Å²) in [4.78, 5) is 28.8. The Labute approximate surface area is 151 Å². The average Bonchev–Trinajstić information content (AvgIpc) is 3.29. The molecule has 0 unspecified atom stereocenters. The lowest BCUT2D eigenvalue weighted by Crippen LogP contribution is -2.18. The second-order valence-electron chi connectivity index (χ2n) is 5.38. The fourth-order valence-electron chi connectivity index (χ4n) is 2.42. The predicted octanol–water partition coefficient (Wildman–Crippen LogP) is 2.46. The first kappa shape index (κ1) is 15.9. The number of thiazole rings is 1. The number of carbonyl (C=O) groups is 1. The van der Waals surface area contributed by atoms with E-state index in [-0.39, 0.29) is 12.5 Å². The fraction of sp³-hybridized carbons (Fsp3) is 0.0588. The van der Waals surface area contributed by atoms with Crippen LogP contribution in [0.2, 0.25) is 0 Å². The van der Waals surface area contributed by atoms with Gasteiger partial charge >= 0.3 is 0 Å². The van der Waals surface area contributed by atoms with Crippen LogP contribution in [0.3, 0.4) is 0 Å². The number of carbonyl (C=O) groups excluding carboxylic acids is 1. The second-order valence-corrected chi connectivity index (χ2v) is 6.24. The van der Waals surface area contributed by atoms with Crippen molar-refractivity contribution in [2.45, 2.75) is 6.54 Å². The number of anilines is 1. The number of rotatable bonds is 4. The van der Waals surface area contributed by atoms with Gasteiger partial charge < -0.3 is 9.88 Å². The van der Waals surface area contributed by atoms with Gasteiger partial charge in [0.15, 0.2) is 10.8 Å². The molecule has 1 amide bonds. The SMILES string of the molecule is N#Cc1ccc(-c2csc(NC(=O)Cn3cnc4ncncc43)n2)cc1. The van der Waals surface area contributed by atoms with Crippen molar-refractivity contribution >= 4 is 33.5 Å². The molecule has 4 rings (SSSR count). The molecule has 0 aliphatic heterocycles. The van der Waals surface area contributed by atoms with Gasteiger partial charge in [-0.25, -0.2) is 19.9 Å². The number of nitrogens with one attached hydrogen (secondary N) is 1. The summed E-state index contributed by atoms with van der Waals surface area (Å²) in [5, 5.41) is 14.0. The standard InChI is InChI=1S/C17H11N7OS/c18-5-11-1-3-12(4-2-11)13-8-26-17(22-13)23-15(25)7-24-10-21-16-14(24)6-19-9-20-16/h1-4,6,8-10H,7H2,(H,22,23,25). The Morgan fingerprint density at radius 2 is 2.12 bits per heavy atom. The Balaban J connectivity index is 1.46. The third-order valence-electron chi connectivity index (χ3n) is 3.68. The van der Waals surface area contributed by atoms with E-state index in [9.17, 15) is 4.79 Å². The van der Waals surface area contributed by atoms with Gasteiger partial charge in [-0.15, -0.1) is 11.3 Å². The zero-order valence-corrected chi connectivity index (χ0v) is 14.1. The van der Waals surface area contributed by atoms with Gasteiger partial charge in [0.2, 0.25) is 5.91 Å². The van der Waals surface area contributed by atoms with Gasteiger partial charge in [0, 0.05) is 10.9 Å². The summed E-state index contributed by atoms with van der Waals surface area (Å²) in [7, 11) is 0. The van der Waals surface area contributed by atoms with Crippen LogP contribution in [0.4, 0.5) is 5.13 Å². The maximum atomic E-state index is 12.3. The average molecular weight is 361 g/mol. The van der Waals surface area contributed by atoms with Crippen LogP contribution in [0, 0.1) is 11.3 Å². The molecule has 126 valence electrons. The van der Waals surface area contributed by atoms with Crippen molar-refractivity contribution in [3.8, 4) is 17.3 Å². The van der Waals surface area contributed by atoms with Crippen molar-refractivity contribution in [3.63, 3.8) is 0 Å². The molecule has 1 aromatic carbocycles. The number of benzene rings is 1. The highest BCUT2D eigenvalue weighted by atomic mass is 32.1. The molecule has 0 bridgehead atoms. The summed E-state index contributed by atoms with van der Waals surface area (Å²) in [5.74, 6) is -0.214. The molecule has 8 nitrogen and oxygen atoms in total. The Morgan fingerprint density at radius 1 is 1.27 bits per heavy atom. The number of hydrogen-bond donors (Lipinski definition) is 1. The Bertz CT molecular complexity index is 1120. The quantitative estimate of drug-likeness (QED) is 0.598. The highest BCUT2D eigenvalue weighted by molar-refractivity contribution is 7.14. The van der Waals surface area contributed by atoms with E-state index < -0.39 is 0 Å². The lowest BCUT2D eigenvalue weighted by atomic mass is 10.1. The summed E-state index contributed by atoms with van der Waals surface area (Å²) in [6.45, 7) is 0.0929. The minimum Gasteiger partial charge on any atom is -0.318 e. The van der Waals surface area contributed by atoms with E-state index in [1.54, 1.807) is 29.2 Å². The van der Waals surface area contributed by atoms with Crippen molar-refractivity contribution in [1.82, 2.24) is 24.5 Å². The van der Waals surface area contributed by atoms with E-state index in [1.807, 2.05) is 17.5 Å². The molecule has 0 aliphatic rings. The number of hydrogen-bond acceptors (Lipinski definition) is 7. The van der Waals surface area contributed by atoms with Crippen LogP contribution >= 0.6 is 11.3 Å². The van der Waals surface area contributed by atoms with Crippen molar-refractivity contribution in [1.29, 1.82) is 5.26 Å². The highest BCUT2D eigenvalue weighted by Gasteiger charge is 2.11. The Morgan fingerprint density at radius 3 is 2.92 bits per heavy atom. The molecule has 1 N–H and O–H groups in total. The number of nitrogens with zero attached hydrogens (tertiary/aromatic N) is 6. The molecule has 9 heteroatoms. The van der Waals surface area contributed by atoms with Crippen LogP contribution in [0.1, 0.15) is 5.56 Å². The van der Waals surface area contributed by atoms with Gasteiger partial charge in [-0.1, -0.05) is 12.1 Å². The molecule has 0 atom stereocenters. The van der Waals surface area contributed by atoms with Crippen LogP contribution in [-0.4, -0.2) is 30.4 Å². The van der Waals surface area contributed by atoms with E-state index in [2.05, 4.69) is 31.3 Å². The van der Waals surface area contributed by atoms with Crippen molar-refractivity contribution < 1.29 is 4.79 Å². The van der Waals surface area contributed by atoms with E-state index in [0.717, 1.165) is 11.3 Å². The normalized spacial score (nSPS) is 10.6. The minimum atomic E-state index is -0.214. The number of amides is 1. The van der Waals surface area contributed by atoms with Gasteiger partial charge in [0.25, 0.3) is 0 Å². The molecule has 0 saturated heterocycles. The topological polar surface area (TPSA) is 109 Å². The smallest absolute Gasteiger partial charge is 0.246 e. The number of nitriles is 1. The van der Waals surface area contributed by atoms with E-state index >= 15 is 0 Å². The van der Waals surface area contributed by atoms with Crippen LogP contribution in [0.5, 0.6) is 0 Å². The summed E-state index contributed by atoms with van der Waals surface area (Å²) < 4.78 is 1.68. The maximum absolute atomic E-state index is 12.3. The monoisotopic (exact) mass is 361 g/mol. The fourth-order valence-corrected chi connectivity index (χ4v) is 3.16. The van der Waals surface area contributed by atoms with Crippen molar-refractivity contribution in [2.75, 3.05) is 5.32 Å². The van der Waals surface area contributed by atoms with E-state index in [4.69, 9.17) is 5.26 Å². The van der Waals surface area contributed by atoms with Gasteiger partial charge in [0.05, 0.1) is 29.9 Å². The highest BCUT2D eigenvalue weighted by Crippen LogP contribution is 2.25. The third kappa shape index (κ3) is 3.13. The van der Waals surface area contributed by atoms with Gasteiger partial charge in [-0.2, -0.15) is 5.26 Å². The summed E-state index contributed by atoms with van der Waals surface area (Å²) in [6.07, 6.45) is 4.60. The molecule has 0 radical (unpaired) electrons. The summed E-state index contributed by atoms with van der Waals surface area (Å²) in [6, 6.07) is 9.21. The second kappa shape index (κ2) is 6.70. The molecular weight excluding hydrogens is 350 g/mol. The zero-order chi connectivity index (χ0) is 17.9. The van der Waals surface area contributed by atoms with Crippen molar-refractivity contribution in [2.24, 2.45) is 0 Å². The summed E-state index contributed by atoms with van der Waals surface area (Å²) in [5.41, 5.74) is 3.47. The molecule has 3 aromatic heterocycles. The van der Waals surface area contributed by atoms with Crippen LogP contribution in [-0.2, 0) is 11.3 Å². The first-order chi connectivity index (χ1) is 12.7. The maximum Gasteiger partial charge on any atom is 0.246 e. The largest absolute Gasteiger partial charge is 0.318 e. The third-order valence-corrected chi connectivity index (χ3v) is 4.43. The number of aromatic nitrogens is 5. The lowest BCUT2D eigenvalue weighted by Gasteiger charge is -2.03. The number of fused-ring (bicyclic) bond motifs is 1. The first-order valence-electron chi connectivity index (χ1n) is 7.60. The Kier molecular flexibility index (Phi) is 4.09. The van der Waals surface area contributed by atoms with Gasteiger partial charge in [-0.3, -0.25) is 4.79 Å². The van der Waals surface area contributed by atoms with Crippen molar-refractivity contribution in [3.05, 3.63) is 54.1 Å². The Hall–Kier alpha value is -3.64. The summed E-state index contributed by atoms with van der Waals surface area (Å²) >= 11 is 1.34. The molecule has 0 spiro atoms. The van der Waals surface area contributed by atoms with E-state index in [0.29, 0.717) is 21.9 Å². The molecule has 4 aromatic rings. The predicted molar refractivity (Wildman–Crippen MR) is 96.2 cm³/mol. The lowest BCUT2D eigenvalue weighted by molar-refractivity contribution is -0.116. The van der Waals surface area contributed by atoms with Crippen LogP contribution in [0.25, 0.3) is 22.4 Å². The minimum absolute atomic E-state index is 0.0929. The molecule has 0 aliphatic carbocycles. The first-order valence-corrected chi connectivity index (χ1v) is 8.47. The van der Waals surface area contributed by atoms with E-state index in [1.165, 1.54) is 17.7 Å². The molecule has 0 fully saturated rings. The molecule has 26 heavy (non-hydrogen) atoms. The van der Waals surface area contributed by atoms with Gasteiger partial charge in [0.1, 0.15) is 18.4 Å². The molecule has 3 heterocycles. The molecular formula is C17H11N7OS. The van der Waals surface area contributed by atoms with Crippen LogP contribution in [0.15, 0.2) is 48.5 Å². The molecule has 0 saturated carbocycles. The number of imidazole rings is 1. The zero-order valence-electron chi connectivity index (χ0n) is 13.3.